The molecule has 0 radical (unpaired) electrons. The van der Waals surface area contributed by atoms with Crippen molar-refractivity contribution in [2.24, 2.45) is 17.2 Å². The Bertz CT molecular complexity index is 678. The van der Waals surface area contributed by atoms with Gasteiger partial charge in [-0.05, 0) is 29.7 Å². The second-order valence-electron chi connectivity index (χ2n) is 5.63. The Morgan fingerprint density at radius 2 is 1.67 bits per heavy atom. The molecular formula is C17H22Cl2FN3O. The standard InChI is InChI=1S/C17H20FN3O.2ClH/c1-17(21,16(20)22)15(19)12-8-6-11(7-9-12)10-13-4-2-3-5-14(13)18;;/h2-9,15H,10,19,21H2,1H3,(H2,20,22);2*1H. The maximum atomic E-state index is 13.6. The van der Waals surface area contributed by atoms with Crippen LogP contribution in [0.4, 0.5) is 4.39 Å². The molecule has 2 unspecified atom stereocenters. The highest BCUT2D eigenvalue weighted by molar-refractivity contribution is 5.86. The first-order valence-corrected chi connectivity index (χ1v) is 6.99. The lowest BCUT2D eigenvalue weighted by atomic mass is 9.87. The Morgan fingerprint density at radius 3 is 2.17 bits per heavy atom. The van der Waals surface area contributed by atoms with E-state index in [9.17, 15) is 9.18 Å². The highest BCUT2D eigenvalue weighted by atomic mass is 35.5. The van der Waals surface area contributed by atoms with Gasteiger partial charge in [-0.2, -0.15) is 0 Å². The smallest absolute Gasteiger partial charge is 0.239 e. The van der Waals surface area contributed by atoms with E-state index in [4.69, 9.17) is 17.2 Å². The van der Waals surface area contributed by atoms with Crippen LogP contribution in [-0.2, 0) is 11.2 Å². The highest BCUT2D eigenvalue weighted by Crippen LogP contribution is 2.22. The third-order valence-electron chi connectivity index (χ3n) is 3.87. The summed E-state index contributed by atoms with van der Waals surface area (Å²) in [7, 11) is 0. The number of primary amides is 1. The summed E-state index contributed by atoms with van der Waals surface area (Å²) in [6.45, 7) is 1.51. The van der Waals surface area contributed by atoms with Crippen molar-refractivity contribution in [1.82, 2.24) is 0 Å². The summed E-state index contributed by atoms with van der Waals surface area (Å²) in [5.41, 5.74) is 18.1. The SMILES string of the molecule is CC(N)(C(N)=O)C(N)c1ccc(Cc2ccccc2F)cc1.Cl.Cl. The van der Waals surface area contributed by atoms with E-state index >= 15 is 0 Å². The second-order valence-corrected chi connectivity index (χ2v) is 5.63. The predicted octanol–water partition coefficient (Wildman–Crippen LogP) is 2.46. The number of carbonyl (C=O) groups excluding carboxylic acids is 1. The Morgan fingerprint density at radius 1 is 1.12 bits per heavy atom. The Labute approximate surface area is 153 Å². The van der Waals surface area contributed by atoms with Crippen LogP contribution in [0.5, 0.6) is 0 Å². The van der Waals surface area contributed by atoms with E-state index < -0.39 is 17.5 Å². The molecule has 6 N–H and O–H groups in total. The first-order valence-electron chi connectivity index (χ1n) is 6.99. The normalized spacial score (nSPS) is 13.8. The van der Waals surface area contributed by atoms with Crippen LogP contribution in [0.2, 0.25) is 0 Å². The predicted molar refractivity (Wildman–Crippen MR) is 98.9 cm³/mol. The van der Waals surface area contributed by atoms with Gasteiger partial charge < -0.3 is 17.2 Å². The number of hydrogen-bond donors (Lipinski definition) is 3. The molecule has 0 spiro atoms. The van der Waals surface area contributed by atoms with Crippen LogP contribution in [-0.4, -0.2) is 11.4 Å². The largest absolute Gasteiger partial charge is 0.368 e. The minimum atomic E-state index is -1.33. The average molecular weight is 374 g/mol. The van der Waals surface area contributed by atoms with E-state index in [1.807, 2.05) is 12.1 Å². The fourth-order valence-corrected chi connectivity index (χ4v) is 2.20. The van der Waals surface area contributed by atoms with E-state index in [1.54, 1.807) is 30.3 Å². The molecule has 1 amide bonds. The van der Waals surface area contributed by atoms with Gasteiger partial charge in [-0.15, -0.1) is 24.8 Å². The molecule has 0 fully saturated rings. The van der Waals surface area contributed by atoms with Crippen molar-refractivity contribution in [3.63, 3.8) is 0 Å². The van der Waals surface area contributed by atoms with Crippen molar-refractivity contribution in [3.05, 3.63) is 71.0 Å². The molecule has 2 aromatic rings. The van der Waals surface area contributed by atoms with Crippen LogP contribution in [0.15, 0.2) is 48.5 Å². The molecule has 0 aliphatic rings. The van der Waals surface area contributed by atoms with E-state index in [2.05, 4.69) is 0 Å². The molecule has 24 heavy (non-hydrogen) atoms. The summed E-state index contributed by atoms with van der Waals surface area (Å²) in [6.07, 6.45) is 0.484. The van der Waals surface area contributed by atoms with Crippen molar-refractivity contribution in [2.75, 3.05) is 0 Å². The number of halogens is 3. The van der Waals surface area contributed by atoms with Gasteiger partial charge in [0.05, 0.1) is 6.04 Å². The molecule has 0 aliphatic carbocycles. The third kappa shape index (κ3) is 4.92. The summed E-state index contributed by atoms with van der Waals surface area (Å²) in [5.74, 6) is -0.887. The van der Waals surface area contributed by atoms with Gasteiger partial charge in [0.1, 0.15) is 11.4 Å². The first kappa shape index (κ1) is 22.3. The van der Waals surface area contributed by atoms with Crippen LogP contribution in [0.25, 0.3) is 0 Å². The van der Waals surface area contributed by atoms with Crippen molar-refractivity contribution in [2.45, 2.75) is 24.9 Å². The van der Waals surface area contributed by atoms with Crippen molar-refractivity contribution >= 4 is 30.7 Å². The molecular weight excluding hydrogens is 352 g/mol. The van der Waals surface area contributed by atoms with E-state index in [0.29, 0.717) is 17.5 Å². The van der Waals surface area contributed by atoms with Crippen molar-refractivity contribution in [3.8, 4) is 0 Å². The van der Waals surface area contributed by atoms with Crippen LogP contribution in [0, 0.1) is 5.82 Å². The average Bonchev–Trinajstić information content (AvgIpc) is 2.49. The zero-order valence-electron chi connectivity index (χ0n) is 13.2. The summed E-state index contributed by atoms with van der Waals surface area (Å²) in [6, 6.07) is 13.2. The number of amides is 1. The molecule has 2 aromatic carbocycles. The molecule has 0 saturated carbocycles. The van der Waals surface area contributed by atoms with Crippen LogP contribution < -0.4 is 17.2 Å². The van der Waals surface area contributed by atoms with Crippen LogP contribution in [0.3, 0.4) is 0 Å². The molecule has 0 aromatic heterocycles. The van der Waals surface area contributed by atoms with Gasteiger partial charge in [0, 0.05) is 6.42 Å². The number of nitrogens with two attached hydrogens (primary N) is 3. The first-order chi connectivity index (χ1) is 10.3. The van der Waals surface area contributed by atoms with Crippen LogP contribution >= 0.6 is 24.8 Å². The number of benzene rings is 2. The van der Waals surface area contributed by atoms with Crippen molar-refractivity contribution in [1.29, 1.82) is 0 Å². The molecule has 132 valence electrons. The molecule has 0 saturated heterocycles. The lowest BCUT2D eigenvalue weighted by Crippen LogP contribution is -2.56. The zero-order chi connectivity index (χ0) is 16.3. The molecule has 7 heteroatoms. The lowest BCUT2D eigenvalue weighted by Gasteiger charge is -2.28. The minimum Gasteiger partial charge on any atom is -0.368 e. The topological polar surface area (TPSA) is 95.1 Å². The van der Waals surface area contributed by atoms with E-state index in [1.165, 1.54) is 13.0 Å². The third-order valence-corrected chi connectivity index (χ3v) is 3.87. The van der Waals surface area contributed by atoms with Gasteiger partial charge in [-0.25, -0.2) is 4.39 Å². The summed E-state index contributed by atoms with van der Waals surface area (Å²) in [5, 5.41) is 0. The van der Waals surface area contributed by atoms with Gasteiger partial charge >= 0.3 is 0 Å². The van der Waals surface area contributed by atoms with Gasteiger partial charge in [-0.1, -0.05) is 42.5 Å². The fourth-order valence-electron chi connectivity index (χ4n) is 2.20. The van der Waals surface area contributed by atoms with Gasteiger partial charge in [-0.3, -0.25) is 4.79 Å². The van der Waals surface area contributed by atoms with Crippen molar-refractivity contribution < 1.29 is 9.18 Å². The Balaban J connectivity index is 0.00000264. The molecule has 2 rings (SSSR count). The maximum Gasteiger partial charge on any atom is 0.239 e. The van der Waals surface area contributed by atoms with Gasteiger partial charge in [0.15, 0.2) is 0 Å². The lowest BCUT2D eigenvalue weighted by molar-refractivity contribution is -0.123. The zero-order valence-corrected chi connectivity index (χ0v) is 14.9. The maximum absolute atomic E-state index is 13.6. The number of carbonyl (C=O) groups is 1. The summed E-state index contributed by atoms with van der Waals surface area (Å²) < 4.78 is 13.6. The van der Waals surface area contributed by atoms with Gasteiger partial charge in [0.25, 0.3) is 0 Å². The Kier molecular flexibility index (Phi) is 8.37. The molecule has 0 bridgehead atoms. The Hall–Kier alpha value is -1.66. The second kappa shape index (κ2) is 8.99. The number of hydrogen-bond acceptors (Lipinski definition) is 3. The molecule has 0 heterocycles. The number of rotatable bonds is 5. The highest BCUT2D eigenvalue weighted by Gasteiger charge is 2.34. The molecule has 4 nitrogen and oxygen atoms in total. The molecule has 0 aliphatic heterocycles. The van der Waals surface area contributed by atoms with E-state index in [-0.39, 0.29) is 30.6 Å². The monoisotopic (exact) mass is 373 g/mol. The fraction of sp³-hybridized carbons (Fsp3) is 0.235. The quantitative estimate of drug-likeness (QED) is 0.750. The summed E-state index contributed by atoms with van der Waals surface area (Å²) in [4.78, 5) is 11.4. The van der Waals surface area contributed by atoms with Gasteiger partial charge in [0.2, 0.25) is 5.91 Å². The summed E-state index contributed by atoms with van der Waals surface area (Å²) >= 11 is 0. The minimum absolute atomic E-state index is 0. The molecule has 2 atom stereocenters. The van der Waals surface area contributed by atoms with E-state index in [0.717, 1.165) is 5.56 Å². The van der Waals surface area contributed by atoms with Crippen LogP contribution in [0.1, 0.15) is 29.7 Å².